The van der Waals surface area contributed by atoms with Crippen LogP contribution in [0.3, 0.4) is 0 Å². The van der Waals surface area contributed by atoms with Crippen LogP contribution in [0, 0.1) is 13.8 Å². The Balaban J connectivity index is 1.90. The normalized spacial score (nSPS) is 19.5. The predicted molar refractivity (Wildman–Crippen MR) is 95.2 cm³/mol. The zero-order valence-corrected chi connectivity index (χ0v) is 15.8. The second-order valence-corrected chi connectivity index (χ2v) is 8.82. The molecule has 9 heteroatoms. The van der Waals surface area contributed by atoms with Gasteiger partial charge in [0, 0.05) is 44.5 Å². The molecule has 2 aromatic rings. The van der Waals surface area contributed by atoms with Crippen molar-refractivity contribution >= 4 is 10.2 Å². The summed E-state index contributed by atoms with van der Waals surface area (Å²) in [5.74, 6) is 0.677. The van der Waals surface area contributed by atoms with Crippen molar-refractivity contribution in [1.82, 2.24) is 28.8 Å². The molecule has 0 radical (unpaired) electrons. The second-order valence-electron chi connectivity index (χ2n) is 6.68. The van der Waals surface area contributed by atoms with E-state index in [0.717, 1.165) is 35.6 Å². The van der Waals surface area contributed by atoms with Crippen molar-refractivity contribution in [3.05, 3.63) is 29.3 Å². The summed E-state index contributed by atoms with van der Waals surface area (Å²) < 4.78 is 27.6. The van der Waals surface area contributed by atoms with Gasteiger partial charge in [-0.05, 0) is 38.8 Å². The molecule has 3 heterocycles. The van der Waals surface area contributed by atoms with Crippen LogP contribution in [0.1, 0.15) is 36.0 Å². The maximum absolute atomic E-state index is 12.4. The maximum Gasteiger partial charge on any atom is 0.281 e. The van der Waals surface area contributed by atoms with Gasteiger partial charge < -0.3 is 0 Å². The molecule has 1 fully saturated rings. The number of rotatable bonds is 4. The molecule has 3 rings (SSSR count). The first-order chi connectivity index (χ1) is 11.8. The fourth-order valence-corrected chi connectivity index (χ4v) is 4.24. The minimum Gasteiger partial charge on any atom is -0.282 e. The molecule has 0 bridgehead atoms. The standard InChI is InChI=1S/C16H24N6O2S/c1-11-8-14(15-9-12(2)19-20-15)18-16(17-11)13-6-5-7-22(10-13)25(23,24)21(3)4/h8-9,13H,5-7,10H2,1-4H3,(H,19,20). The quantitative estimate of drug-likeness (QED) is 0.886. The predicted octanol–water partition coefficient (Wildman–Crippen LogP) is 1.47. The summed E-state index contributed by atoms with van der Waals surface area (Å²) in [5, 5.41) is 7.18. The van der Waals surface area contributed by atoms with Crippen LogP contribution in [-0.2, 0) is 10.2 Å². The van der Waals surface area contributed by atoms with E-state index in [4.69, 9.17) is 0 Å². The van der Waals surface area contributed by atoms with E-state index in [1.807, 2.05) is 26.0 Å². The summed E-state index contributed by atoms with van der Waals surface area (Å²) in [6, 6.07) is 3.84. The van der Waals surface area contributed by atoms with Gasteiger partial charge in [-0.15, -0.1) is 0 Å². The molecule has 0 aromatic carbocycles. The number of H-pyrrole nitrogens is 1. The van der Waals surface area contributed by atoms with E-state index in [9.17, 15) is 8.42 Å². The molecule has 0 spiro atoms. The summed E-state index contributed by atoms with van der Waals surface area (Å²) in [6.45, 7) is 4.80. The van der Waals surface area contributed by atoms with Gasteiger partial charge >= 0.3 is 0 Å². The van der Waals surface area contributed by atoms with Gasteiger partial charge in [0.25, 0.3) is 10.2 Å². The Morgan fingerprint density at radius 1 is 1.20 bits per heavy atom. The number of aromatic amines is 1. The highest BCUT2D eigenvalue weighted by Crippen LogP contribution is 2.28. The van der Waals surface area contributed by atoms with Gasteiger partial charge in [0.1, 0.15) is 11.5 Å². The number of piperidine rings is 1. The van der Waals surface area contributed by atoms with Crippen LogP contribution in [0.15, 0.2) is 12.1 Å². The fraction of sp³-hybridized carbons (Fsp3) is 0.562. The number of aryl methyl sites for hydroxylation is 2. The van der Waals surface area contributed by atoms with E-state index in [2.05, 4.69) is 20.2 Å². The van der Waals surface area contributed by atoms with Crippen LogP contribution in [-0.4, -0.2) is 64.4 Å². The van der Waals surface area contributed by atoms with Crippen LogP contribution < -0.4 is 0 Å². The van der Waals surface area contributed by atoms with Crippen molar-refractivity contribution in [2.45, 2.75) is 32.6 Å². The lowest BCUT2D eigenvalue weighted by molar-refractivity contribution is 0.293. The molecular formula is C16H24N6O2S. The molecule has 8 nitrogen and oxygen atoms in total. The van der Waals surface area contributed by atoms with Crippen molar-refractivity contribution < 1.29 is 8.42 Å². The molecule has 136 valence electrons. The number of hydrogen-bond acceptors (Lipinski definition) is 5. The summed E-state index contributed by atoms with van der Waals surface area (Å²) in [7, 11) is -0.305. The second kappa shape index (κ2) is 6.81. The van der Waals surface area contributed by atoms with E-state index in [-0.39, 0.29) is 5.92 Å². The Labute approximate surface area is 148 Å². The number of aromatic nitrogens is 4. The maximum atomic E-state index is 12.4. The summed E-state index contributed by atoms with van der Waals surface area (Å²) in [6.07, 6.45) is 1.67. The van der Waals surface area contributed by atoms with Crippen LogP contribution in [0.5, 0.6) is 0 Å². The van der Waals surface area contributed by atoms with Crippen LogP contribution >= 0.6 is 0 Å². The number of nitrogens with one attached hydrogen (secondary N) is 1. The topological polar surface area (TPSA) is 95.1 Å². The smallest absolute Gasteiger partial charge is 0.281 e. The van der Waals surface area contributed by atoms with Crippen molar-refractivity contribution in [2.75, 3.05) is 27.2 Å². The summed E-state index contributed by atoms with van der Waals surface area (Å²) >= 11 is 0. The molecule has 0 aliphatic carbocycles. The highest BCUT2D eigenvalue weighted by molar-refractivity contribution is 7.86. The Kier molecular flexibility index (Phi) is 4.90. The molecule has 0 amide bonds. The number of nitrogens with zero attached hydrogens (tertiary/aromatic N) is 5. The first-order valence-electron chi connectivity index (χ1n) is 8.33. The number of hydrogen-bond donors (Lipinski definition) is 1. The minimum absolute atomic E-state index is 0.0119. The zero-order chi connectivity index (χ0) is 18.2. The van der Waals surface area contributed by atoms with Gasteiger partial charge in [0.05, 0.1) is 5.69 Å². The molecule has 1 saturated heterocycles. The van der Waals surface area contributed by atoms with Crippen molar-refractivity contribution in [2.24, 2.45) is 0 Å². The average molecular weight is 364 g/mol. The van der Waals surface area contributed by atoms with Crippen molar-refractivity contribution in [3.63, 3.8) is 0 Å². The van der Waals surface area contributed by atoms with Gasteiger partial charge in [0.2, 0.25) is 0 Å². The SMILES string of the molecule is Cc1cc(-c2cc(C)[nH]n2)nc(C2CCCN(S(=O)(=O)N(C)C)C2)n1. The molecular weight excluding hydrogens is 340 g/mol. The molecule has 1 N–H and O–H groups in total. The van der Waals surface area contributed by atoms with Crippen molar-refractivity contribution in [1.29, 1.82) is 0 Å². The van der Waals surface area contributed by atoms with Gasteiger partial charge in [-0.1, -0.05) is 0 Å². The zero-order valence-electron chi connectivity index (χ0n) is 15.0. The molecule has 1 unspecified atom stereocenters. The molecule has 1 aliphatic rings. The van der Waals surface area contributed by atoms with E-state index in [1.54, 1.807) is 14.1 Å². The third-order valence-corrected chi connectivity index (χ3v) is 6.28. The highest BCUT2D eigenvalue weighted by Gasteiger charge is 2.32. The Hall–Kier alpha value is -1.84. The first kappa shape index (κ1) is 18.0. The van der Waals surface area contributed by atoms with Gasteiger partial charge in [-0.3, -0.25) is 5.10 Å². The van der Waals surface area contributed by atoms with Gasteiger partial charge in [-0.25, -0.2) is 9.97 Å². The Morgan fingerprint density at radius 3 is 2.60 bits per heavy atom. The van der Waals surface area contributed by atoms with Gasteiger partial charge in [-0.2, -0.15) is 22.1 Å². The van der Waals surface area contributed by atoms with Crippen molar-refractivity contribution in [3.8, 4) is 11.4 Å². The van der Waals surface area contributed by atoms with Gasteiger partial charge in [0.15, 0.2) is 0 Å². The van der Waals surface area contributed by atoms with Crippen LogP contribution in [0.25, 0.3) is 11.4 Å². The van der Waals surface area contributed by atoms with Crippen LogP contribution in [0.2, 0.25) is 0 Å². The van der Waals surface area contributed by atoms with E-state index in [1.165, 1.54) is 8.61 Å². The highest BCUT2D eigenvalue weighted by atomic mass is 32.2. The summed E-state index contributed by atoms with van der Waals surface area (Å²) in [5.41, 5.74) is 3.36. The molecule has 2 aromatic heterocycles. The third kappa shape index (κ3) is 3.73. The van der Waals surface area contributed by atoms with Crippen LogP contribution in [0.4, 0.5) is 0 Å². The van der Waals surface area contributed by atoms with E-state index < -0.39 is 10.2 Å². The molecule has 1 atom stereocenters. The summed E-state index contributed by atoms with van der Waals surface area (Å²) in [4.78, 5) is 9.24. The Bertz CT molecular complexity index is 861. The lowest BCUT2D eigenvalue weighted by Crippen LogP contribution is -2.45. The first-order valence-corrected chi connectivity index (χ1v) is 9.72. The van der Waals surface area contributed by atoms with E-state index in [0.29, 0.717) is 18.9 Å². The monoisotopic (exact) mass is 364 g/mol. The average Bonchev–Trinajstić information content (AvgIpc) is 3.01. The molecule has 25 heavy (non-hydrogen) atoms. The molecule has 0 saturated carbocycles. The lowest BCUT2D eigenvalue weighted by atomic mass is 9.98. The largest absolute Gasteiger partial charge is 0.282 e. The fourth-order valence-electron chi connectivity index (χ4n) is 3.05. The lowest BCUT2D eigenvalue weighted by Gasteiger charge is -2.32. The minimum atomic E-state index is -3.42. The van der Waals surface area contributed by atoms with E-state index >= 15 is 0 Å². The Morgan fingerprint density at radius 2 is 1.96 bits per heavy atom. The third-order valence-electron chi connectivity index (χ3n) is 4.38. The molecule has 1 aliphatic heterocycles.